The van der Waals surface area contributed by atoms with Crippen molar-refractivity contribution in [2.45, 2.75) is 31.7 Å². The van der Waals surface area contributed by atoms with Crippen LogP contribution in [-0.4, -0.2) is 21.9 Å². The summed E-state index contributed by atoms with van der Waals surface area (Å²) in [5, 5.41) is 11.8. The first-order valence-electron chi connectivity index (χ1n) is 5.08. The van der Waals surface area contributed by atoms with E-state index >= 15 is 0 Å². The second-order valence-electron chi connectivity index (χ2n) is 4.34. The molecule has 0 saturated carbocycles. The minimum atomic E-state index is -0.476. The third kappa shape index (κ3) is 3.14. The average molecular weight is 242 g/mol. The Balaban J connectivity index is 2.77. The average Bonchev–Trinajstić information content (AvgIpc) is 2.17. The second kappa shape index (κ2) is 4.74. The highest BCUT2D eigenvalue weighted by atomic mass is 35.5. The third-order valence-electron chi connectivity index (χ3n) is 2.56. The number of hydrogen-bond acceptors (Lipinski definition) is 2. The molecule has 1 amide bonds. The van der Waals surface area contributed by atoms with Gasteiger partial charge in [-0.1, -0.05) is 0 Å². The normalized spacial score (nSPS) is 13.2. The van der Waals surface area contributed by atoms with Crippen LogP contribution in [0.25, 0.3) is 0 Å². The van der Waals surface area contributed by atoms with Crippen LogP contribution in [0.5, 0.6) is 5.75 Å². The lowest BCUT2D eigenvalue weighted by Gasteiger charge is -2.28. The minimum Gasteiger partial charge on any atom is -0.508 e. The Hall–Kier alpha value is -1.22. The molecule has 1 aromatic rings. The van der Waals surface area contributed by atoms with Gasteiger partial charge in [0.05, 0.1) is 10.9 Å². The molecule has 3 nitrogen and oxygen atoms in total. The topological polar surface area (TPSA) is 49.3 Å². The second-order valence-corrected chi connectivity index (χ2v) is 4.99. The van der Waals surface area contributed by atoms with Gasteiger partial charge in [0.25, 0.3) is 5.91 Å². The fraction of sp³-hybridized carbons (Fsp3) is 0.417. The Labute approximate surface area is 100 Å². The van der Waals surface area contributed by atoms with Crippen LogP contribution in [0.1, 0.15) is 31.1 Å². The number of phenolic OH excluding ortho intramolecular Hbond substituents is 1. The maximum Gasteiger partial charge on any atom is 0.251 e. The lowest BCUT2D eigenvalue weighted by Crippen LogP contribution is -2.49. The van der Waals surface area contributed by atoms with E-state index in [-0.39, 0.29) is 17.0 Å². The van der Waals surface area contributed by atoms with Crippen molar-refractivity contribution < 1.29 is 9.90 Å². The van der Waals surface area contributed by atoms with Gasteiger partial charge in [0.1, 0.15) is 5.75 Å². The lowest BCUT2D eigenvalue weighted by atomic mass is 10.0. The highest BCUT2D eigenvalue weighted by molar-refractivity contribution is 6.21. The number of carbonyl (C=O) groups is 1. The number of aromatic hydroxyl groups is 1. The van der Waals surface area contributed by atoms with Gasteiger partial charge in [0.15, 0.2) is 0 Å². The zero-order valence-electron chi connectivity index (χ0n) is 9.62. The lowest BCUT2D eigenvalue weighted by molar-refractivity contribution is 0.0912. The summed E-state index contributed by atoms with van der Waals surface area (Å²) in [5.74, 6) is -0.0565. The first kappa shape index (κ1) is 12.8. The molecular weight excluding hydrogens is 226 g/mol. The highest BCUT2D eigenvalue weighted by Crippen LogP contribution is 2.16. The number of hydrogen-bond donors (Lipinski definition) is 2. The standard InChI is InChI=1S/C12H16ClNO2/c1-8(13)12(2,3)14-11(16)9-4-6-10(15)7-5-9/h4-8,15H,1-3H3,(H,14,16). The van der Waals surface area contributed by atoms with Gasteiger partial charge in [-0.25, -0.2) is 0 Å². The third-order valence-corrected chi connectivity index (χ3v) is 3.11. The molecule has 88 valence electrons. The fourth-order valence-electron chi connectivity index (χ4n) is 1.08. The van der Waals surface area contributed by atoms with E-state index in [0.717, 1.165) is 0 Å². The van der Waals surface area contributed by atoms with E-state index in [1.807, 2.05) is 20.8 Å². The maximum absolute atomic E-state index is 11.8. The van der Waals surface area contributed by atoms with Crippen molar-refractivity contribution in [3.05, 3.63) is 29.8 Å². The van der Waals surface area contributed by atoms with E-state index < -0.39 is 5.54 Å². The van der Waals surface area contributed by atoms with Crippen LogP contribution in [0, 0.1) is 0 Å². The van der Waals surface area contributed by atoms with Crippen LogP contribution in [0.2, 0.25) is 0 Å². The molecule has 0 spiro atoms. The summed E-state index contributed by atoms with van der Waals surface area (Å²) in [6, 6.07) is 6.09. The molecule has 0 saturated heterocycles. The molecule has 1 rings (SSSR count). The van der Waals surface area contributed by atoms with Gasteiger partial charge in [-0.3, -0.25) is 4.79 Å². The molecule has 0 heterocycles. The van der Waals surface area contributed by atoms with E-state index in [4.69, 9.17) is 16.7 Å². The van der Waals surface area contributed by atoms with Crippen LogP contribution in [0.15, 0.2) is 24.3 Å². The van der Waals surface area contributed by atoms with Crippen LogP contribution in [0.3, 0.4) is 0 Å². The summed E-state index contributed by atoms with van der Waals surface area (Å²) in [6.07, 6.45) is 0. The van der Waals surface area contributed by atoms with Gasteiger partial charge in [-0.05, 0) is 45.0 Å². The van der Waals surface area contributed by atoms with Crippen molar-refractivity contribution in [1.82, 2.24) is 5.32 Å². The molecule has 2 N–H and O–H groups in total. The first-order valence-corrected chi connectivity index (χ1v) is 5.52. The molecule has 4 heteroatoms. The molecule has 0 aliphatic rings. The molecule has 1 aromatic carbocycles. The monoisotopic (exact) mass is 241 g/mol. The number of halogens is 1. The molecule has 1 atom stereocenters. The first-order chi connectivity index (χ1) is 7.33. The van der Waals surface area contributed by atoms with Crippen LogP contribution < -0.4 is 5.32 Å². The van der Waals surface area contributed by atoms with Crippen LogP contribution >= 0.6 is 11.6 Å². The quantitative estimate of drug-likeness (QED) is 0.799. The summed E-state index contributed by atoms with van der Waals surface area (Å²) in [5.41, 5.74) is 0.0273. The Morgan fingerprint density at radius 2 is 1.88 bits per heavy atom. The molecule has 0 aromatic heterocycles. The molecule has 0 aliphatic carbocycles. The number of carbonyl (C=O) groups excluding carboxylic acids is 1. The van der Waals surface area contributed by atoms with E-state index in [9.17, 15) is 4.79 Å². The van der Waals surface area contributed by atoms with Crippen molar-refractivity contribution in [1.29, 1.82) is 0 Å². The smallest absolute Gasteiger partial charge is 0.251 e. The molecule has 0 bridgehead atoms. The summed E-state index contributed by atoms with van der Waals surface area (Å²) < 4.78 is 0. The van der Waals surface area contributed by atoms with E-state index in [1.54, 1.807) is 12.1 Å². The summed E-state index contributed by atoms with van der Waals surface area (Å²) >= 11 is 5.97. The van der Waals surface area contributed by atoms with Crippen molar-refractivity contribution in [3.63, 3.8) is 0 Å². The number of amides is 1. The largest absolute Gasteiger partial charge is 0.508 e. The van der Waals surface area contributed by atoms with Crippen molar-refractivity contribution in [2.24, 2.45) is 0 Å². The Morgan fingerprint density at radius 1 is 1.38 bits per heavy atom. The molecule has 0 radical (unpaired) electrons. The molecule has 0 fully saturated rings. The Kier molecular flexibility index (Phi) is 3.81. The Morgan fingerprint density at radius 3 is 2.31 bits per heavy atom. The molecule has 1 unspecified atom stereocenters. The number of phenols is 1. The van der Waals surface area contributed by atoms with Crippen molar-refractivity contribution >= 4 is 17.5 Å². The van der Waals surface area contributed by atoms with E-state index in [0.29, 0.717) is 5.56 Å². The van der Waals surface area contributed by atoms with Crippen molar-refractivity contribution in [3.8, 4) is 5.75 Å². The van der Waals surface area contributed by atoms with Crippen LogP contribution in [0.4, 0.5) is 0 Å². The number of benzene rings is 1. The van der Waals surface area contributed by atoms with Crippen LogP contribution in [-0.2, 0) is 0 Å². The Bertz CT molecular complexity index is 371. The zero-order chi connectivity index (χ0) is 12.3. The number of alkyl halides is 1. The van der Waals surface area contributed by atoms with Gasteiger partial charge < -0.3 is 10.4 Å². The van der Waals surface area contributed by atoms with Gasteiger partial charge in [0, 0.05) is 5.56 Å². The van der Waals surface area contributed by atoms with E-state index in [2.05, 4.69) is 5.32 Å². The minimum absolute atomic E-state index is 0.140. The maximum atomic E-state index is 11.8. The van der Waals surface area contributed by atoms with Crippen molar-refractivity contribution in [2.75, 3.05) is 0 Å². The summed E-state index contributed by atoms with van der Waals surface area (Å²) in [4.78, 5) is 11.8. The number of nitrogens with one attached hydrogen (secondary N) is 1. The van der Waals surface area contributed by atoms with E-state index in [1.165, 1.54) is 12.1 Å². The van der Waals surface area contributed by atoms with Gasteiger partial charge >= 0.3 is 0 Å². The van der Waals surface area contributed by atoms with Gasteiger partial charge in [-0.2, -0.15) is 0 Å². The summed E-state index contributed by atoms with van der Waals surface area (Å²) in [7, 11) is 0. The number of rotatable bonds is 3. The van der Waals surface area contributed by atoms with Gasteiger partial charge in [0.2, 0.25) is 0 Å². The molecule has 16 heavy (non-hydrogen) atoms. The fourth-order valence-corrected chi connectivity index (χ4v) is 1.13. The highest BCUT2D eigenvalue weighted by Gasteiger charge is 2.26. The molecular formula is C12H16ClNO2. The SMILES string of the molecule is CC(Cl)C(C)(C)NC(=O)c1ccc(O)cc1. The van der Waals surface area contributed by atoms with Gasteiger partial charge in [-0.15, -0.1) is 11.6 Å². The zero-order valence-corrected chi connectivity index (χ0v) is 10.4. The summed E-state index contributed by atoms with van der Waals surface area (Å²) in [6.45, 7) is 5.56. The predicted octanol–water partition coefficient (Wildman–Crippen LogP) is 2.53. The molecule has 0 aliphatic heterocycles. The predicted molar refractivity (Wildman–Crippen MR) is 65.0 cm³/mol.